The molecular formula is C54H89N13O17. The maximum atomic E-state index is 14.4. The zero-order chi connectivity index (χ0) is 64.0. The van der Waals surface area contributed by atoms with E-state index in [0.29, 0.717) is 5.56 Å². The van der Waals surface area contributed by atoms with Crippen LogP contribution in [0.2, 0.25) is 0 Å². The molecule has 84 heavy (non-hydrogen) atoms. The zero-order valence-electron chi connectivity index (χ0n) is 49.3. The maximum absolute atomic E-state index is 14.4. The number of nitrogens with zero attached hydrogens (tertiary/aromatic N) is 1. The van der Waals surface area contributed by atoms with Crippen molar-refractivity contribution in [1.29, 1.82) is 0 Å². The van der Waals surface area contributed by atoms with Crippen LogP contribution in [0.4, 0.5) is 0 Å². The van der Waals surface area contributed by atoms with Crippen LogP contribution in [0.3, 0.4) is 0 Å². The lowest BCUT2D eigenvalue weighted by molar-refractivity contribution is -0.146. The Morgan fingerprint density at radius 1 is 0.512 bits per heavy atom. The van der Waals surface area contributed by atoms with Crippen molar-refractivity contribution in [3.63, 3.8) is 0 Å². The number of carbonyl (C=O) groups is 12. The fraction of sp³-hybridized carbons (Fsp3) is 0.648. The number of carboxylic acids is 3. The Morgan fingerprint density at radius 2 is 0.881 bits per heavy atom. The first-order valence-corrected chi connectivity index (χ1v) is 27.8. The van der Waals surface area contributed by atoms with Gasteiger partial charge in [0.2, 0.25) is 47.3 Å². The average molecular weight is 1190 g/mol. The molecule has 0 heterocycles. The highest BCUT2D eigenvalue weighted by Gasteiger charge is 2.37. The van der Waals surface area contributed by atoms with E-state index in [1.165, 1.54) is 24.3 Å². The number of hydrazine groups is 1. The number of hydrogen-bond acceptors (Lipinski definition) is 17. The summed E-state index contributed by atoms with van der Waals surface area (Å²) in [6, 6.07) is -7.51. The molecule has 0 saturated heterocycles. The number of nitrogens with two attached hydrogens (primary N) is 3. The van der Waals surface area contributed by atoms with Crippen LogP contribution in [0.25, 0.3) is 0 Å². The van der Waals surface area contributed by atoms with Crippen LogP contribution in [0.1, 0.15) is 132 Å². The first-order valence-electron chi connectivity index (χ1n) is 27.8. The van der Waals surface area contributed by atoms with Crippen molar-refractivity contribution in [3.8, 4) is 5.75 Å². The summed E-state index contributed by atoms with van der Waals surface area (Å²) >= 11 is 0. The number of carbonyl (C=O) groups excluding carboxylic acids is 9. The number of phenolic OH excluding ortho intramolecular Hbond substituents is 1. The molecule has 1 rings (SSSR count). The smallest absolute Gasteiger partial charge is 0.328 e. The first-order chi connectivity index (χ1) is 39.3. The van der Waals surface area contributed by atoms with Crippen LogP contribution in [0, 0.1) is 23.7 Å². The highest BCUT2D eigenvalue weighted by atomic mass is 16.5. The van der Waals surface area contributed by atoms with Gasteiger partial charge in [0.15, 0.2) is 5.96 Å². The monoisotopic (exact) mass is 1190 g/mol. The SMILES string of the molecule is CCC(C)C(NC(=O)C(CCC(=O)O)NC(=O)C(CCC(=O)O)NC(=O)C(CCC(=O)O)NC(=O)C(Cc1ccc(O)cc1)NC(=O)C(CC(C)C)NN)C(=O)NC(CCCN=C(N)N)C(=O)NC(C(=O)NC(CC(C)C)C(=O)OC)C(C)C. The highest BCUT2D eigenvalue weighted by Crippen LogP contribution is 2.16. The predicted octanol–water partition coefficient (Wildman–Crippen LogP) is -1.74. The molecule has 0 aliphatic heterocycles. The number of rotatable bonds is 40. The van der Waals surface area contributed by atoms with Gasteiger partial charge in [0.25, 0.3) is 0 Å². The maximum Gasteiger partial charge on any atom is 0.328 e. The van der Waals surface area contributed by atoms with Crippen molar-refractivity contribution in [2.75, 3.05) is 13.7 Å². The number of benzene rings is 1. The fourth-order valence-electron chi connectivity index (χ4n) is 8.37. The molecule has 10 unspecified atom stereocenters. The van der Waals surface area contributed by atoms with Gasteiger partial charge in [0.1, 0.15) is 54.1 Å². The van der Waals surface area contributed by atoms with E-state index in [1.54, 1.807) is 27.7 Å². The molecule has 0 aliphatic rings. The minimum atomic E-state index is -1.86. The van der Waals surface area contributed by atoms with E-state index in [2.05, 4.69) is 53.0 Å². The molecule has 472 valence electrons. The van der Waals surface area contributed by atoms with E-state index >= 15 is 0 Å². The van der Waals surface area contributed by atoms with Gasteiger partial charge < -0.3 is 79.2 Å². The molecule has 0 spiro atoms. The van der Waals surface area contributed by atoms with Gasteiger partial charge in [-0.15, -0.1) is 0 Å². The topological polar surface area (TPSA) is 494 Å². The van der Waals surface area contributed by atoms with Crippen molar-refractivity contribution in [1.82, 2.24) is 48.0 Å². The summed E-state index contributed by atoms with van der Waals surface area (Å²) in [4.78, 5) is 164. The van der Waals surface area contributed by atoms with Crippen molar-refractivity contribution >= 4 is 77.1 Å². The minimum absolute atomic E-state index is 0.00303. The lowest BCUT2D eigenvalue weighted by Gasteiger charge is -2.30. The van der Waals surface area contributed by atoms with E-state index in [9.17, 15) is 78.0 Å². The van der Waals surface area contributed by atoms with Crippen molar-refractivity contribution < 1.29 is 82.7 Å². The van der Waals surface area contributed by atoms with Gasteiger partial charge in [0, 0.05) is 32.2 Å². The summed E-state index contributed by atoms with van der Waals surface area (Å²) in [5, 5.41) is 58.9. The molecule has 30 nitrogen and oxygen atoms in total. The van der Waals surface area contributed by atoms with Gasteiger partial charge in [-0.25, -0.2) is 10.2 Å². The number of esters is 1. The lowest BCUT2D eigenvalue weighted by Crippen LogP contribution is -2.61. The molecule has 0 radical (unpaired) electrons. The summed E-state index contributed by atoms with van der Waals surface area (Å²) in [6.07, 6.45) is -3.74. The quantitative estimate of drug-likeness (QED) is 0.00866. The van der Waals surface area contributed by atoms with E-state index in [1.807, 2.05) is 27.7 Å². The molecule has 0 aromatic heterocycles. The Labute approximate surface area is 488 Å². The molecule has 0 aliphatic carbocycles. The van der Waals surface area contributed by atoms with Gasteiger partial charge in [-0.05, 0) is 86.3 Å². The van der Waals surface area contributed by atoms with Crippen LogP contribution in [-0.2, 0) is 68.7 Å². The van der Waals surface area contributed by atoms with E-state index < -0.39 is 176 Å². The third kappa shape index (κ3) is 28.2. The zero-order valence-corrected chi connectivity index (χ0v) is 49.3. The summed E-state index contributed by atoms with van der Waals surface area (Å²) < 4.78 is 4.87. The van der Waals surface area contributed by atoms with Crippen LogP contribution in [0.15, 0.2) is 29.3 Å². The molecule has 1 aromatic carbocycles. The largest absolute Gasteiger partial charge is 0.508 e. The number of guanidine groups is 1. The standard InChI is InChI=1S/C54H89N13O17/c1-10-30(8)44(52(82)62-33(12-11-23-58-54(55)56)47(77)65-43(29(6)7)51(81)64-39(25-28(4)5)53(83)84-9)66-48(78)36(19-22-42(73)74)60-45(75)34(17-20-40(69)70)59-46(76)35(18-21-41(71)72)61-49(79)37(26-31-13-15-32(68)16-14-31)63-50(80)38(67-57)24-27(2)3/h13-16,27-30,33-39,43-44,67-68H,10-12,17-26,57H2,1-9H3,(H,59,76)(H,60,75)(H,61,79)(H,62,82)(H,63,80)(H,64,81)(H,65,77)(H,66,78)(H,69,70)(H,71,72)(H,73,74)(H4,55,56,58). The Kier molecular flexibility index (Phi) is 33.3. The number of phenols is 1. The summed E-state index contributed by atoms with van der Waals surface area (Å²) in [6.45, 7) is 13.8. The number of amides is 8. The molecule has 0 saturated carbocycles. The Morgan fingerprint density at radius 3 is 1.29 bits per heavy atom. The number of nitrogens with one attached hydrogen (secondary N) is 9. The average Bonchev–Trinajstić information content (AvgIpc) is 3.50. The number of aliphatic imine (C=N–C) groups is 1. The molecule has 0 fully saturated rings. The number of hydrogen-bond donors (Lipinski definition) is 16. The summed E-state index contributed by atoms with van der Waals surface area (Å²) in [5.41, 5.74) is 13.8. The molecule has 30 heteroatoms. The molecule has 10 atom stereocenters. The first kappa shape index (κ1) is 73.9. The second kappa shape index (κ2) is 37.9. The summed E-state index contributed by atoms with van der Waals surface area (Å²) in [5.74, 6) is -8.88. The predicted molar refractivity (Wildman–Crippen MR) is 304 cm³/mol. The number of ether oxygens (including phenoxy) is 1. The van der Waals surface area contributed by atoms with Crippen molar-refractivity contribution in [3.05, 3.63) is 29.8 Å². The Hall–Kier alpha value is -8.15. The van der Waals surface area contributed by atoms with E-state index in [-0.39, 0.29) is 68.6 Å². The van der Waals surface area contributed by atoms with E-state index in [4.69, 9.17) is 22.0 Å². The van der Waals surface area contributed by atoms with Crippen LogP contribution >= 0.6 is 0 Å². The van der Waals surface area contributed by atoms with Gasteiger partial charge >= 0.3 is 23.9 Å². The molecular weight excluding hydrogens is 1100 g/mol. The van der Waals surface area contributed by atoms with Crippen LogP contribution in [0.5, 0.6) is 5.75 Å². The third-order valence-electron chi connectivity index (χ3n) is 13.2. The second-order valence-electron chi connectivity index (χ2n) is 21.6. The minimum Gasteiger partial charge on any atom is -0.508 e. The van der Waals surface area contributed by atoms with Crippen molar-refractivity contribution in [2.45, 2.75) is 187 Å². The van der Waals surface area contributed by atoms with E-state index in [0.717, 1.165) is 7.11 Å². The number of aromatic hydroxyl groups is 1. The summed E-state index contributed by atoms with van der Waals surface area (Å²) in [7, 11) is 1.16. The number of aliphatic carboxylic acids is 3. The third-order valence-corrected chi connectivity index (χ3v) is 13.2. The molecule has 8 amide bonds. The number of carboxylic acid groups (broad SMARTS) is 3. The van der Waals surface area contributed by atoms with Gasteiger partial charge in [-0.3, -0.25) is 63.6 Å². The Bertz CT molecular complexity index is 2420. The Balaban J connectivity index is 3.70. The molecule has 0 bridgehead atoms. The molecule has 1 aromatic rings. The highest BCUT2D eigenvalue weighted by molar-refractivity contribution is 5.98. The van der Waals surface area contributed by atoms with Crippen LogP contribution in [-0.4, -0.2) is 166 Å². The van der Waals surface area contributed by atoms with Crippen LogP contribution < -0.4 is 65.3 Å². The van der Waals surface area contributed by atoms with Gasteiger partial charge in [-0.2, -0.15) is 0 Å². The normalized spacial score (nSPS) is 14.7. The lowest BCUT2D eigenvalue weighted by atomic mass is 9.96. The fourth-order valence-corrected chi connectivity index (χ4v) is 8.37. The molecule has 19 N–H and O–H groups in total. The van der Waals surface area contributed by atoms with Gasteiger partial charge in [0.05, 0.1) is 13.2 Å². The number of methoxy groups -OCH3 is 1. The van der Waals surface area contributed by atoms with Crippen molar-refractivity contribution in [2.24, 2.45) is 46.0 Å². The second-order valence-corrected chi connectivity index (χ2v) is 21.6. The van der Waals surface area contributed by atoms with Gasteiger partial charge in [-0.1, -0.05) is 73.9 Å².